The van der Waals surface area contributed by atoms with Gasteiger partial charge in [0, 0.05) is 13.2 Å². The second-order valence-corrected chi connectivity index (χ2v) is 6.90. The van der Waals surface area contributed by atoms with Gasteiger partial charge < -0.3 is 19.8 Å². The van der Waals surface area contributed by atoms with Crippen molar-refractivity contribution in [3.63, 3.8) is 0 Å². The Bertz CT molecular complexity index is 867. The highest BCUT2D eigenvalue weighted by atomic mass is 32.1. The average Bonchev–Trinajstić information content (AvgIpc) is 3.18. The van der Waals surface area contributed by atoms with Crippen molar-refractivity contribution in [3.8, 4) is 0 Å². The summed E-state index contributed by atoms with van der Waals surface area (Å²) in [6, 6.07) is 0. The van der Waals surface area contributed by atoms with Gasteiger partial charge in [0.1, 0.15) is 15.5 Å². The van der Waals surface area contributed by atoms with Gasteiger partial charge in [0.05, 0.1) is 11.5 Å². The molecule has 0 saturated carbocycles. The molecule has 2 aromatic heterocycles. The predicted molar refractivity (Wildman–Crippen MR) is 92.0 cm³/mol. The van der Waals surface area contributed by atoms with E-state index >= 15 is 0 Å². The highest BCUT2D eigenvalue weighted by molar-refractivity contribution is 7.20. The van der Waals surface area contributed by atoms with E-state index in [1.807, 2.05) is 0 Å². The standard InChI is InChI=1S/C16H19N3O5S/c1-8-12-14(21)18-9(2)19-15(12)25-13(8)16(22)24-7-11(20)17-6-10-4-3-5-23-10/h10H,3-7H2,1-2H3,(H,17,20)(H,18,19,21)/t10-/m0/s1. The predicted octanol–water partition coefficient (Wildman–Crippen LogP) is 1.05. The van der Waals surface area contributed by atoms with Gasteiger partial charge in [0.25, 0.3) is 11.5 Å². The zero-order valence-electron chi connectivity index (χ0n) is 14.0. The van der Waals surface area contributed by atoms with Crippen LogP contribution in [-0.4, -0.2) is 47.7 Å². The number of ether oxygens (including phenoxy) is 2. The molecule has 9 heteroatoms. The number of rotatable bonds is 5. The average molecular weight is 365 g/mol. The number of carbonyl (C=O) groups excluding carboxylic acids is 2. The molecular weight excluding hydrogens is 346 g/mol. The summed E-state index contributed by atoms with van der Waals surface area (Å²) in [5, 5.41) is 3.06. The molecule has 3 heterocycles. The van der Waals surface area contributed by atoms with Crippen LogP contribution in [0.25, 0.3) is 10.2 Å². The van der Waals surface area contributed by atoms with E-state index in [2.05, 4.69) is 15.3 Å². The summed E-state index contributed by atoms with van der Waals surface area (Å²) < 4.78 is 10.5. The Morgan fingerprint density at radius 1 is 1.44 bits per heavy atom. The van der Waals surface area contributed by atoms with Crippen molar-refractivity contribution in [1.29, 1.82) is 0 Å². The van der Waals surface area contributed by atoms with Gasteiger partial charge in [-0.15, -0.1) is 11.3 Å². The van der Waals surface area contributed by atoms with Crippen LogP contribution in [0.4, 0.5) is 0 Å². The maximum atomic E-state index is 12.2. The van der Waals surface area contributed by atoms with E-state index in [4.69, 9.17) is 9.47 Å². The Labute approximate surface area is 147 Å². The largest absolute Gasteiger partial charge is 0.451 e. The fourth-order valence-electron chi connectivity index (χ4n) is 2.73. The van der Waals surface area contributed by atoms with Gasteiger partial charge in [-0.2, -0.15) is 0 Å². The molecule has 0 aliphatic carbocycles. The molecule has 2 N–H and O–H groups in total. The van der Waals surface area contributed by atoms with Gasteiger partial charge >= 0.3 is 5.97 Å². The lowest BCUT2D eigenvalue weighted by atomic mass is 10.2. The number of nitrogens with zero attached hydrogens (tertiary/aromatic N) is 1. The lowest BCUT2D eigenvalue weighted by molar-refractivity contribution is -0.124. The van der Waals surface area contributed by atoms with Gasteiger partial charge in [-0.25, -0.2) is 9.78 Å². The molecule has 0 bridgehead atoms. The molecule has 0 radical (unpaired) electrons. The molecule has 1 fully saturated rings. The maximum Gasteiger partial charge on any atom is 0.349 e. The van der Waals surface area contributed by atoms with Crippen LogP contribution in [0.15, 0.2) is 4.79 Å². The van der Waals surface area contributed by atoms with Crippen LogP contribution in [0.5, 0.6) is 0 Å². The van der Waals surface area contributed by atoms with Crippen LogP contribution in [0.2, 0.25) is 0 Å². The first-order chi connectivity index (χ1) is 12.0. The van der Waals surface area contributed by atoms with Gasteiger partial charge in [0.2, 0.25) is 0 Å². The molecule has 1 amide bonds. The first kappa shape index (κ1) is 17.6. The summed E-state index contributed by atoms with van der Waals surface area (Å²) in [5.74, 6) is -0.536. The third-order valence-electron chi connectivity index (χ3n) is 3.99. The molecule has 134 valence electrons. The lowest BCUT2D eigenvalue weighted by Gasteiger charge is -2.10. The molecule has 0 unspecified atom stereocenters. The second-order valence-electron chi connectivity index (χ2n) is 5.90. The van der Waals surface area contributed by atoms with Crippen molar-refractivity contribution in [1.82, 2.24) is 15.3 Å². The van der Waals surface area contributed by atoms with E-state index in [1.54, 1.807) is 13.8 Å². The smallest absolute Gasteiger partial charge is 0.349 e. The number of H-pyrrole nitrogens is 1. The molecule has 2 aromatic rings. The summed E-state index contributed by atoms with van der Waals surface area (Å²) in [6.45, 7) is 4.10. The number of fused-ring (bicyclic) bond motifs is 1. The number of esters is 1. The SMILES string of the molecule is Cc1nc2sc(C(=O)OCC(=O)NC[C@@H]3CCCO3)c(C)c2c(=O)[nH]1. The monoisotopic (exact) mass is 365 g/mol. The minimum atomic E-state index is -0.634. The van der Waals surface area contributed by atoms with Gasteiger partial charge in [0.15, 0.2) is 6.61 Å². The van der Waals surface area contributed by atoms with E-state index in [0.717, 1.165) is 24.2 Å². The maximum absolute atomic E-state index is 12.2. The number of aromatic nitrogens is 2. The first-order valence-electron chi connectivity index (χ1n) is 8.01. The highest BCUT2D eigenvalue weighted by Gasteiger charge is 2.21. The summed E-state index contributed by atoms with van der Waals surface area (Å²) in [7, 11) is 0. The summed E-state index contributed by atoms with van der Waals surface area (Å²) in [4.78, 5) is 43.6. The third kappa shape index (κ3) is 3.88. The molecular formula is C16H19N3O5S. The minimum absolute atomic E-state index is 0.0329. The Kier molecular flexibility index (Phi) is 5.14. The van der Waals surface area contributed by atoms with Gasteiger partial charge in [-0.1, -0.05) is 0 Å². The highest BCUT2D eigenvalue weighted by Crippen LogP contribution is 2.27. The number of hydrogen-bond donors (Lipinski definition) is 2. The first-order valence-corrected chi connectivity index (χ1v) is 8.83. The second kappa shape index (κ2) is 7.32. The van der Waals surface area contributed by atoms with Crippen molar-refractivity contribution in [2.24, 2.45) is 0 Å². The van der Waals surface area contributed by atoms with Crippen LogP contribution < -0.4 is 10.9 Å². The number of hydrogen-bond acceptors (Lipinski definition) is 7. The van der Waals surface area contributed by atoms with Crippen molar-refractivity contribution in [2.45, 2.75) is 32.8 Å². The Morgan fingerprint density at radius 2 is 2.24 bits per heavy atom. The van der Waals surface area contributed by atoms with E-state index in [-0.39, 0.29) is 29.1 Å². The molecule has 1 atom stereocenters. The number of aryl methyl sites for hydroxylation is 2. The van der Waals surface area contributed by atoms with Gasteiger partial charge in [-0.05, 0) is 32.3 Å². The van der Waals surface area contributed by atoms with E-state index in [1.165, 1.54) is 0 Å². The van der Waals surface area contributed by atoms with E-state index in [0.29, 0.717) is 34.8 Å². The zero-order valence-corrected chi connectivity index (χ0v) is 14.8. The normalized spacial score (nSPS) is 17.0. The third-order valence-corrected chi connectivity index (χ3v) is 5.16. The number of thiophene rings is 1. The summed E-state index contributed by atoms with van der Waals surface area (Å²) in [6.07, 6.45) is 1.94. The lowest BCUT2D eigenvalue weighted by Crippen LogP contribution is -2.34. The Balaban J connectivity index is 1.62. The van der Waals surface area contributed by atoms with Crippen molar-refractivity contribution >= 4 is 33.4 Å². The molecule has 0 spiro atoms. The van der Waals surface area contributed by atoms with Crippen LogP contribution in [0.1, 0.15) is 33.9 Å². The number of carbonyl (C=O) groups is 2. The van der Waals surface area contributed by atoms with E-state index in [9.17, 15) is 14.4 Å². The quantitative estimate of drug-likeness (QED) is 0.767. The fourth-order valence-corrected chi connectivity index (χ4v) is 3.85. The molecule has 25 heavy (non-hydrogen) atoms. The van der Waals surface area contributed by atoms with Crippen molar-refractivity contribution in [2.75, 3.05) is 19.8 Å². The Morgan fingerprint density at radius 3 is 2.96 bits per heavy atom. The van der Waals surface area contributed by atoms with Crippen molar-refractivity contribution < 1.29 is 19.1 Å². The molecule has 3 rings (SSSR count). The number of amides is 1. The van der Waals surface area contributed by atoms with Gasteiger partial charge in [-0.3, -0.25) is 9.59 Å². The topological polar surface area (TPSA) is 110 Å². The van der Waals surface area contributed by atoms with Crippen LogP contribution in [0.3, 0.4) is 0 Å². The molecule has 1 saturated heterocycles. The molecule has 1 aliphatic rings. The molecule has 0 aromatic carbocycles. The zero-order chi connectivity index (χ0) is 18.0. The van der Waals surface area contributed by atoms with Crippen molar-refractivity contribution in [3.05, 3.63) is 26.6 Å². The minimum Gasteiger partial charge on any atom is -0.451 e. The number of nitrogens with one attached hydrogen (secondary N) is 2. The number of aromatic amines is 1. The van der Waals surface area contributed by atoms with Crippen LogP contribution in [-0.2, 0) is 14.3 Å². The summed E-state index contributed by atoms with van der Waals surface area (Å²) in [5.41, 5.74) is 0.225. The molecule has 8 nitrogen and oxygen atoms in total. The van der Waals surface area contributed by atoms with E-state index < -0.39 is 5.97 Å². The molecule has 1 aliphatic heterocycles. The summed E-state index contributed by atoms with van der Waals surface area (Å²) >= 11 is 1.09. The fraction of sp³-hybridized carbons (Fsp3) is 0.500. The Hall–Kier alpha value is -2.26. The van der Waals surface area contributed by atoms with Crippen LogP contribution >= 0.6 is 11.3 Å². The van der Waals surface area contributed by atoms with Crippen LogP contribution in [0, 0.1) is 13.8 Å².